The SMILES string of the molecule is Cc1cc2[nH]c(=O)c(=O)[nH]c2nc1SNc1ccc(-c2cncc(Cl)c2)c(Cl)c1. The molecule has 0 saturated carbocycles. The van der Waals surface area contributed by atoms with Crippen LogP contribution in [0.1, 0.15) is 5.56 Å². The van der Waals surface area contributed by atoms with Crippen LogP contribution in [-0.4, -0.2) is 19.9 Å². The van der Waals surface area contributed by atoms with Gasteiger partial charge < -0.3 is 14.7 Å². The molecule has 0 spiro atoms. The van der Waals surface area contributed by atoms with Gasteiger partial charge in [0.1, 0.15) is 5.03 Å². The Labute approximate surface area is 178 Å². The summed E-state index contributed by atoms with van der Waals surface area (Å²) in [5.41, 5.74) is 2.59. The van der Waals surface area contributed by atoms with Gasteiger partial charge in [0.15, 0.2) is 5.65 Å². The maximum atomic E-state index is 11.5. The summed E-state index contributed by atoms with van der Waals surface area (Å²) in [6.45, 7) is 1.86. The number of nitrogens with one attached hydrogen (secondary N) is 3. The number of halogens is 2. The predicted octanol–water partition coefficient (Wildman–Crippen LogP) is 4.41. The lowest BCUT2D eigenvalue weighted by Crippen LogP contribution is -2.29. The highest BCUT2D eigenvalue weighted by Crippen LogP contribution is 2.33. The van der Waals surface area contributed by atoms with Crippen molar-refractivity contribution < 1.29 is 0 Å². The molecule has 0 aliphatic rings. The molecular weight excluding hydrogens is 433 g/mol. The molecule has 1 aromatic carbocycles. The number of H-pyrrole nitrogens is 2. The molecule has 3 heterocycles. The molecule has 7 nitrogen and oxygen atoms in total. The lowest BCUT2D eigenvalue weighted by atomic mass is 10.1. The highest BCUT2D eigenvalue weighted by Gasteiger charge is 2.09. The maximum absolute atomic E-state index is 11.5. The molecule has 0 aliphatic carbocycles. The number of rotatable bonds is 4. The molecule has 10 heteroatoms. The summed E-state index contributed by atoms with van der Waals surface area (Å²) in [5.74, 6) is 0. The summed E-state index contributed by atoms with van der Waals surface area (Å²) in [6.07, 6.45) is 3.26. The third-order valence-electron chi connectivity index (χ3n) is 4.10. The second-order valence-electron chi connectivity index (χ2n) is 6.21. The number of hydrogen-bond donors (Lipinski definition) is 3. The summed E-state index contributed by atoms with van der Waals surface area (Å²) in [6, 6.07) is 9.10. The molecular formula is C19H13Cl2N5O2S. The first-order valence-corrected chi connectivity index (χ1v) is 9.95. The van der Waals surface area contributed by atoms with E-state index < -0.39 is 11.1 Å². The van der Waals surface area contributed by atoms with Gasteiger partial charge in [-0.3, -0.25) is 14.6 Å². The first-order chi connectivity index (χ1) is 13.9. The summed E-state index contributed by atoms with van der Waals surface area (Å²) in [5, 5.41) is 1.73. The van der Waals surface area contributed by atoms with E-state index >= 15 is 0 Å². The van der Waals surface area contributed by atoms with Crippen LogP contribution in [0, 0.1) is 6.92 Å². The van der Waals surface area contributed by atoms with Crippen molar-refractivity contribution in [1.82, 2.24) is 19.9 Å². The van der Waals surface area contributed by atoms with Gasteiger partial charge in [0.25, 0.3) is 0 Å². The second-order valence-corrected chi connectivity index (χ2v) is 7.84. The molecule has 146 valence electrons. The third-order valence-corrected chi connectivity index (χ3v) is 5.57. The van der Waals surface area contributed by atoms with Gasteiger partial charge in [-0.05, 0) is 36.8 Å². The average Bonchev–Trinajstić information content (AvgIpc) is 2.68. The van der Waals surface area contributed by atoms with E-state index in [0.717, 1.165) is 22.4 Å². The lowest BCUT2D eigenvalue weighted by Gasteiger charge is -2.10. The Morgan fingerprint density at radius 3 is 2.59 bits per heavy atom. The molecule has 0 bridgehead atoms. The highest BCUT2D eigenvalue weighted by molar-refractivity contribution is 8.00. The number of aromatic nitrogens is 4. The Balaban J connectivity index is 1.58. The molecule has 4 aromatic rings. The molecule has 0 atom stereocenters. The molecule has 4 rings (SSSR count). The highest BCUT2D eigenvalue weighted by atomic mass is 35.5. The minimum absolute atomic E-state index is 0.311. The van der Waals surface area contributed by atoms with E-state index in [0.29, 0.717) is 26.2 Å². The minimum atomic E-state index is -0.740. The topological polar surface area (TPSA) is 104 Å². The van der Waals surface area contributed by atoms with Crippen molar-refractivity contribution in [2.45, 2.75) is 11.9 Å². The number of anilines is 1. The molecule has 29 heavy (non-hydrogen) atoms. The van der Waals surface area contributed by atoms with Gasteiger partial charge in [0.05, 0.1) is 15.6 Å². The Morgan fingerprint density at radius 1 is 1.03 bits per heavy atom. The monoisotopic (exact) mass is 445 g/mol. The standard InChI is InChI=1S/C19H13Cl2N5O2S/c1-9-4-15-16(24-18(28)17(27)23-15)25-19(9)29-26-12-2-3-13(14(21)6-12)10-5-11(20)8-22-7-10/h2-8,26H,1H3,(H,23,27)(H,24,25,28). The van der Waals surface area contributed by atoms with Gasteiger partial charge >= 0.3 is 11.1 Å². The van der Waals surface area contributed by atoms with Gasteiger partial charge in [-0.1, -0.05) is 29.3 Å². The normalized spacial score (nSPS) is 11.0. The van der Waals surface area contributed by atoms with Crippen molar-refractivity contribution >= 4 is 52.0 Å². The fourth-order valence-corrected chi connectivity index (χ4v) is 3.87. The van der Waals surface area contributed by atoms with Crippen molar-refractivity contribution in [3.8, 4) is 11.1 Å². The number of benzene rings is 1. The van der Waals surface area contributed by atoms with Crippen LogP contribution in [0.4, 0.5) is 5.69 Å². The Bertz CT molecular complexity index is 1350. The zero-order valence-corrected chi connectivity index (χ0v) is 17.2. The van der Waals surface area contributed by atoms with Crippen molar-refractivity contribution in [1.29, 1.82) is 0 Å². The number of aryl methyl sites for hydroxylation is 1. The number of hydrogen-bond acceptors (Lipinski definition) is 6. The quantitative estimate of drug-likeness (QED) is 0.317. The Morgan fingerprint density at radius 2 is 1.83 bits per heavy atom. The van der Waals surface area contributed by atoms with E-state index in [9.17, 15) is 9.59 Å². The van der Waals surface area contributed by atoms with E-state index in [2.05, 4.69) is 24.7 Å². The Kier molecular flexibility index (Phi) is 5.31. The van der Waals surface area contributed by atoms with Crippen molar-refractivity contribution in [2.24, 2.45) is 0 Å². The zero-order chi connectivity index (χ0) is 20.5. The van der Waals surface area contributed by atoms with Crippen LogP contribution in [0.25, 0.3) is 22.3 Å². The van der Waals surface area contributed by atoms with Crippen LogP contribution in [0.3, 0.4) is 0 Å². The smallest absolute Gasteiger partial charge is 0.315 e. The van der Waals surface area contributed by atoms with Gasteiger partial charge in [-0.2, -0.15) is 0 Å². The molecule has 0 unspecified atom stereocenters. The van der Waals surface area contributed by atoms with Gasteiger partial charge in [0, 0.05) is 41.2 Å². The van der Waals surface area contributed by atoms with Crippen LogP contribution >= 0.6 is 35.1 Å². The van der Waals surface area contributed by atoms with Crippen molar-refractivity contribution in [3.63, 3.8) is 0 Å². The lowest BCUT2D eigenvalue weighted by molar-refractivity contribution is 1.05. The van der Waals surface area contributed by atoms with E-state index in [-0.39, 0.29) is 0 Å². The molecule has 3 aromatic heterocycles. The minimum Gasteiger partial charge on any atom is -0.324 e. The van der Waals surface area contributed by atoms with Crippen molar-refractivity contribution in [2.75, 3.05) is 4.72 Å². The van der Waals surface area contributed by atoms with E-state index in [1.54, 1.807) is 30.6 Å². The van der Waals surface area contributed by atoms with Crippen molar-refractivity contribution in [3.05, 3.63) is 79.0 Å². The molecule has 0 aliphatic heterocycles. The number of nitrogens with zero attached hydrogens (tertiary/aromatic N) is 2. The molecule has 0 saturated heterocycles. The maximum Gasteiger partial charge on any atom is 0.315 e. The Hall–Kier alpha value is -2.81. The molecule has 0 amide bonds. The summed E-state index contributed by atoms with van der Waals surface area (Å²) >= 11 is 13.7. The summed E-state index contributed by atoms with van der Waals surface area (Å²) in [4.78, 5) is 36.5. The third kappa shape index (κ3) is 4.14. The van der Waals surface area contributed by atoms with Crippen LogP contribution < -0.4 is 15.8 Å². The van der Waals surface area contributed by atoms with Gasteiger partial charge in [-0.25, -0.2) is 4.98 Å². The zero-order valence-electron chi connectivity index (χ0n) is 14.9. The number of aromatic amines is 2. The van der Waals surface area contributed by atoms with Crippen LogP contribution in [-0.2, 0) is 0 Å². The number of fused-ring (bicyclic) bond motifs is 1. The first-order valence-electron chi connectivity index (χ1n) is 8.38. The molecule has 0 radical (unpaired) electrons. The van der Waals surface area contributed by atoms with Gasteiger partial charge in [0.2, 0.25) is 0 Å². The summed E-state index contributed by atoms with van der Waals surface area (Å²) < 4.78 is 3.19. The number of pyridine rings is 2. The fourth-order valence-electron chi connectivity index (χ4n) is 2.71. The van der Waals surface area contributed by atoms with E-state index in [1.165, 1.54) is 11.9 Å². The van der Waals surface area contributed by atoms with E-state index in [1.807, 2.05) is 19.1 Å². The van der Waals surface area contributed by atoms with Crippen LogP contribution in [0.15, 0.2) is 57.3 Å². The molecule has 0 fully saturated rings. The first kappa shape index (κ1) is 19.5. The van der Waals surface area contributed by atoms with Crippen LogP contribution in [0.5, 0.6) is 0 Å². The fraction of sp³-hybridized carbons (Fsp3) is 0.0526. The average molecular weight is 446 g/mol. The van der Waals surface area contributed by atoms with E-state index in [4.69, 9.17) is 23.2 Å². The van der Waals surface area contributed by atoms with Gasteiger partial charge in [-0.15, -0.1) is 0 Å². The second kappa shape index (κ2) is 7.90. The largest absolute Gasteiger partial charge is 0.324 e. The molecule has 3 N–H and O–H groups in total. The predicted molar refractivity (Wildman–Crippen MR) is 117 cm³/mol. The summed E-state index contributed by atoms with van der Waals surface area (Å²) in [7, 11) is 0. The van der Waals surface area contributed by atoms with Crippen LogP contribution in [0.2, 0.25) is 10.0 Å².